The van der Waals surface area contributed by atoms with E-state index < -0.39 is 0 Å². The maximum Gasteiger partial charge on any atom is 0.257 e. The number of hydrogen-bond acceptors (Lipinski definition) is 6. The molecule has 1 aliphatic rings. The van der Waals surface area contributed by atoms with Crippen LogP contribution in [-0.2, 0) is 18.4 Å². The third kappa shape index (κ3) is 2.99. The van der Waals surface area contributed by atoms with Gasteiger partial charge < -0.3 is 13.7 Å². The van der Waals surface area contributed by atoms with E-state index in [9.17, 15) is 4.79 Å². The number of hydrogen-bond donors (Lipinski definition) is 0. The van der Waals surface area contributed by atoms with E-state index >= 15 is 0 Å². The van der Waals surface area contributed by atoms with Crippen molar-refractivity contribution >= 4 is 11.6 Å². The summed E-state index contributed by atoms with van der Waals surface area (Å²) in [4.78, 5) is 24.3. The zero-order chi connectivity index (χ0) is 21.0. The summed E-state index contributed by atoms with van der Waals surface area (Å²) in [6.07, 6.45) is 3.93. The first-order valence-electron chi connectivity index (χ1n) is 9.98. The Morgan fingerprint density at radius 1 is 1.27 bits per heavy atom. The van der Waals surface area contributed by atoms with Crippen LogP contribution in [0.4, 0.5) is 0 Å². The molecule has 5 heterocycles. The highest BCUT2D eigenvalue weighted by Crippen LogP contribution is 2.29. The van der Waals surface area contributed by atoms with Gasteiger partial charge in [-0.25, -0.2) is 14.5 Å². The number of nitrogens with zero attached hydrogens (tertiary/aromatic N) is 5. The predicted molar refractivity (Wildman–Crippen MR) is 109 cm³/mol. The molecule has 0 radical (unpaired) electrons. The van der Waals surface area contributed by atoms with E-state index in [1.165, 1.54) is 0 Å². The molecule has 154 valence electrons. The van der Waals surface area contributed by atoms with Gasteiger partial charge in [0.05, 0.1) is 24.1 Å². The van der Waals surface area contributed by atoms with Crippen molar-refractivity contribution in [2.45, 2.75) is 46.1 Å². The molecule has 0 N–H and O–H groups in total. The molecule has 0 atom stereocenters. The van der Waals surface area contributed by atoms with E-state index in [2.05, 4.69) is 35.8 Å². The Bertz CT molecular complexity index is 1240. The monoisotopic (exact) mass is 405 g/mol. The van der Waals surface area contributed by atoms with Crippen molar-refractivity contribution in [3.8, 4) is 11.6 Å². The highest BCUT2D eigenvalue weighted by Gasteiger charge is 2.29. The normalized spacial score (nSPS) is 14.3. The maximum absolute atomic E-state index is 13.3. The molecule has 0 fully saturated rings. The van der Waals surface area contributed by atoms with Gasteiger partial charge in [-0.2, -0.15) is 0 Å². The van der Waals surface area contributed by atoms with Crippen molar-refractivity contribution in [3.05, 3.63) is 59.1 Å². The van der Waals surface area contributed by atoms with Crippen LogP contribution >= 0.6 is 0 Å². The van der Waals surface area contributed by atoms with Crippen LogP contribution in [0.1, 0.15) is 53.9 Å². The zero-order valence-electron chi connectivity index (χ0n) is 17.5. The van der Waals surface area contributed by atoms with Crippen molar-refractivity contribution in [2.75, 3.05) is 6.54 Å². The van der Waals surface area contributed by atoms with E-state index in [4.69, 9.17) is 8.83 Å². The molecule has 8 heteroatoms. The SMILES string of the molecule is Cc1oc(C(C)(C)C)cc1C(=O)N1CCc2ncn3nc(-c4ccco4)nc3c2C1. The highest BCUT2D eigenvalue weighted by molar-refractivity contribution is 5.95. The molecule has 0 aliphatic carbocycles. The molecular weight excluding hydrogens is 382 g/mol. The van der Waals surface area contributed by atoms with Gasteiger partial charge in [-0.15, -0.1) is 5.10 Å². The quantitative estimate of drug-likeness (QED) is 0.504. The molecule has 0 spiro atoms. The molecule has 0 saturated heterocycles. The highest BCUT2D eigenvalue weighted by atomic mass is 16.3. The fourth-order valence-electron chi connectivity index (χ4n) is 3.75. The minimum atomic E-state index is -0.155. The number of carbonyl (C=O) groups excluding carboxylic acids is 1. The molecule has 4 aromatic heterocycles. The summed E-state index contributed by atoms with van der Waals surface area (Å²) in [6, 6.07) is 5.49. The Morgan fingerprint density at radius 3 is 2.80 bits per heavy atom. The minimum Gasteiger partial charge on any atom is -0.465 e. The topological polar surface area (TPSA) is 89.7 Å². The number of amides is 1. The van der Waals surface area contributed by atoms with Crippen LogP contribution in [0.3, 0.4) is 0 Å². The van der Waals surface area contributed by atoms with Gasteiger partial charge in [0.1, 0.15) is 17.8 Å². The lowest BCUT2D eigenvalue weighted by atomic mass is 9.93. The van der Waals surface area contributed by atoms with Crippen molar-refractivity contribution in [3.63, 3.8) is 0 Å². The third-order valence-corrected chi connectivity index (χ3v) is 5.46. The average Bonchev–Trinajstić information content (AvgIpc) is 3.45. The first kappa shape index (κ1) is 18.6. The van der Waals surface area contributed by atoms with E-state index in [1.807, 2.05) is 24.0 Å². The van der Waals surface area contributed by atoms with Crippen molar-refractivity contribution in [2.24, 2.45) is 0 Å². The Labute approximate surface area is 173 Å². The summed E-state index contributed by atoms with van der Waals surface area (Å²) < 4.78 is 12.9. The summed E-state index contributed by atoms with van der Waals surface area (Å²) in [5.74, 6) is 2.52. The van der Waals surface area contributed by atoms with Crippen LogP contribution in [0.15, 0.2) is 39.6 Å². The lowest BCUT2D eigenvalue weighted by molar-refractivity contribution is 0.0732. The second kappa shape index (κ2) is 6.55. The van der Waals surface area contributed by atoms with Crippen molar-refractivity contribution in [1.29, 1.82) is 0 Å². The van der Waals surface area contributed by atoms with Gasteiger partial charge >= 0.3 is 0 Å². The van der Waals surface area contributed by atoms with Gasteiger partial charge in [-0.1, -0.05) is 20.8 Å². The lowest BCUT2D eigenvalue weighted by Gasteiger charge is -2.28. The molecule has 0 unspecified atom stereocenters. The van der Waals surface area contributed by atoms with E-state index in [1.54, 1.807) is 23.2 Å². The summed E-state index contributed by atoms with van der Waals surface area (Å²) in [5.41, 5.74) is 3.02. The summed E-state index contributed by atoms with van der Waals surface area (Å²) >= 11 is 0. The number of aromatic nitrogens is 4. The number of rotatable bonds is 2. The van der Waals surface area contributed by atoms with Gasteiger partial charge in [-0.3, -0.25) is 4.79 Å². The van der Waals surface area contributed by atoms with Crippen molar-refractivity contribution < 1.29 is 13.6 Å². The first-order valence-corrected chi connectivity index (χ1v) is 9.98. The van der Waals surface area contributed by atoms with Gasteiger partial charge in [0.15, 0.2) is 11.4 Å². The second-order valence-electron chi connectivity index (χ2n) is 8.66. The predicted octanol–water partition coefficient (Wildman–Crippen LogP) is 3.78. The molecule has 4 aromatic rings. The van der Waals surface area contributed by atoms with Gasteiger partial charge in [0, 0.05) is 23.9 Å². The van der Waals surface area contributed by atoms with Gasteiger partial charge in [-0.05, 0) is 25.1 Å². The molecular formula is C22H23N5O3. The third-order valence-electron chi connectivity index (χ3n) is 5.46. The Morgan fingerprint density at radius 2 is 2.10 bits per heavy atom. The molecule has 0 aromatic carbocycles. The van der Waals surface area contributed by atoms with Gasteiger partial charge in [0.25, 0.3) is 5.91 Å². The Kier molecular flexibility index (Phi) is 4.06. The molecule has 1 amide bonds. The van der Waals surface area contributed by atoms with Crippen LogP contribution in [0.5, 0.6) is 0 Å². The maximum atomic E-state index is 13.3. The molecule has 1 aliphatic heterocycles. The number of carbonyl (C=O) groups is 1. The Hall–Kier alpha value is -3.42. The van der Waals surface area contributed by atoms with Gasteiger partial charge in [0.2, 0.25) is 5.82 Å². The smallest absolute Gasteiger partial charge is 0.257 e. The van der Waals surface area contributed by atoms with Crippen LogP contribution in [0, 0.1) is 6.92 Å². The van der Waals surface area contributed by atoms with E-state index in [0.29, 0.717) is 48.1 Å². The van der Waals surface area contributed by atoms with Crippen LogP contribution in [0.25, 0.3) is 17.2 Å². The molecule has 0 saturated carbocycles. The first-order chi connectivity index (χ1) is 14.3. The van der Waals surface area contributed by atoms with E-state index in [-0.39, 0.29) is 11.3 Å². The molecule has 5 rings (SSSR count). The summed E-state index contributed by atoms with van der Waals surface area (Å²) in [5, 5.41) is 4.47. The summed E-state index contributed by atoms with van der Waals surface area (Å²) in [6.45, 7) is 9.08. The lowest BCUT2D eigenvalue weighted by Crippen LogP contribution is -2.36. The average molecular weight is 405 g/mol. The van der Waals surface area contributed by atoms with Crippen LogP contribution in [0.2, 0.25) is 0 Å². The fraction of sp³-hybridized carbons (Fsp3) is 0.364. The zero-order valence-corrected chi connectivity index (χ0v) is 17.5. The molecule has 30 heavy (non-hydrogen) atoms. The molecule has 0 bridgehead atoms. The number of furan rings is 2. The Balaban J connectivity index is 1.49. The van der Waals surface area contributed by atoms with E-state index in [0.717, 1.165) is 17.0 Å². The largest absolute Gasteiger partial charge is 0.465 e. The van der Waals surface area contributed by atoms with Crippen LogP contribution in [-0.4, -0.2) is 36.9 Å². The second-order valence-corrected chi connectivity index (χ2v) is 8.66. The number of aryl methyl sites for hydroxylation is 1. The summed E-state index contributed by atoms with van der Waals surface area (Å²) in [7, 11) is 0. The van der Waals surface area contributed by atoms with Crippen LogP contribution < -0.4 is 0 Å². The van der Waals surface area contributed by atoms with Crippen molar-refractivity contribution in [1.82, 2.24) is 24.5 Å². The fourth-order valence-corrected chi connectivity index (χ4v) is 3.75. The minimum absolute atomic E-state index is 0.0369. The molecule has 8 nitrogen and oxygen atoms in total. The number of fused-ring (bicyclic) bond motifs is 3. The standard InChI is InChI=1S/C22H23N5O3/c1-13-14(10-18(30-13)22(2,3)4)21(28)26-8-7-16-15(11-26)20-24-19(17-6-5-9-29-17)25-27(20)12-23-16/h5-6,9-10,12H,7-8,11H2,1-4H3.